The predicted molar refractivity (Wildman–Crippen MR) is 79.1 cm³/mol. The Balaban J connectivity index is 1.65. The van der Waals surface area contributed by atoms with Gasteiger partial charge in [-0.2, -0.15) is 5.10 Å². The smallest absolute Gasteiger partial charge is 0.257 e. The maximum absolute atomic E-state index is 12.5. The van der Waals surface area contributed by atoms with E-state index < -0.39 is 6.10 Å². The number of aliphatic hydroxyl groups excluding tert-OH is 1. The van der Waals surface area contributed by atoms with Crippen LogP contribution in [0.5, 0.6) is 0 Å². The molecule has 0 saturated carbocycles. The molecule has 1 amide bonds. The molecule has 1 unspecified atom stereocenters. The molecule has 118 valence electrons. The third-order valence-electron chi connectivity index (χ3n) is 3.81. The molecular weight excluding hydrogens is 284 g/mol. The fourth-order valence-electron chi connectivity index (χ4n) is 2.74. The molecule has 0 radical (unpaired) electrons. The van der Waals surface area contributed by atoms with Crippen molar-refractivity contribution in [3.05, 3.63) is 42.1 Å². The molecule has 1 atom stereocenters. The summed E-state index contributed by atoms with van der Waals surface area (Å²) in [5.41, 5.74) is 1.62. The van der Waals surface area contributed by atoms with Crippen LogP contribution in [-0.4, -0.2) is 62.9 Å². The summed E-state index contributed by atoms with van der Waals surface area (Å²) in [5, 5.41) is 14.2. The van der Waals surface area contributed by atoms with Gasteiger partial charge in [-0.15, -0.1) is 0 Å². The molecule has 0 spiro atoms. The van der Waals surface area contributed by atoms with Crippen LogP contribution >= 0.6 is 0 Å². The fraction of sp³-hybridized carbons (Fsp3) is 0.467. The van der Waals surface area contributed by atoms with Crippen LogP contribution in [0.15, 0.2) is 35.4 Å². The molecule has 0 bridgehead atoms. The Labute approximate surface area is 128 Å². The van der Waals surface area contributed by atoms with Crippen LogP contribution < -0.4 is 0 Å². The molecule has 3 rings (SSSR count). The van der Waals surface area contributed by atoms with Crippen LogP contribution in [0.25, 0.3) is 0 Å². The summed E-state index contributed by atoms with van der Waals surface area (Å²) >= 11 is 0. The van der Waals surface area contributed by atoms with E-state index in [9.17, 15) is 9.90 Å². The van der Waals surface area contributed by atoms with Gasteiger partial charge < -0.3 is 14.4 Å². The zero-order valence-corrected chi connectivity index (χ0v) is 12.6. The van der Waals surface area contributed by atoms with Crippen LogP contribution in [0.3, 0.4) is 0 Å². The largest absolute Gasteiger partial charge is 0.472 e. The Hall–Kier alpha value is -2.12. The number of carbonyl (C=O) groups excluding carboxylic acids is 1. The van der Waals surface area contributed by atoms with Crippen molar-refractivity contribution in [2.45, 2.75) is 12.6 Å². The minimum Gasteiger partial charge on any atom is -0.472 e. The van der Waals surface area contributed by atoms with E-state index in [1.165, 1.54) is 0 Å². The zero-order valence-electron chi connectivity index (χ0n) is 12.6. The van der Waals surface area contributed by atoms with Crippen molar-refractivity contribution < 1.29 is 14.3 Å². The van der Waals surface area contributed by atoms with Gasteiger partial charge in [0.2, 0.25) is 0 Å². The molecule has 1 N–H and O–H groups in total. The normalized spacial score (nSPS) is 20.1. The molecule has 7 nitrogen and oxygen atoms in total. The van der Waals surface area contributed by atoms with Gasteiger partial charge in [-0.1, -0.05) is 0 Å². The maximum atomic E-state index is 12.5. The molecule has 0 aliphatic carbocycles. The maximum Gasteiger partial charge on any atom is 0.257 e. The topological polar surface area (TPSA) is 74.7 Å². The summed E-state index contributed by atoms with van der Waals surface area (Å²) in [6.45, 7) is 2.90. The van der Waals surface area contributed by atoms with E-state index in [2.05, 4.69) is 10.00 Å². The van der Waals surface area contributed by atoms with E-state index in [4.69, 9.17) is 4.42 Å². The Kier molecular flexibility index (Phi) is 4.26. The van der Waals surface area contributed by atoms with Crippen molar-refractivity contribution in [3.63, 3.8) is 0 Å². The first kappa shape index (κ1) is 14.8. The second-order valence-electron chi connectivity index (χ2n) is 5.67. The van der Waals surface area contributed by atoms with Gasteiger partial charge in [0.15, 0.2) is 0 Å². The van der Waals surface area contributed by atoms with Crippen LogP contribution in [0.1, 0.15) is 15.9 Å². The number of hydrogen-bond acceptors (Lipinski definition) is 5. The van der Waals surface area contributed by atoms with Crippen LogP contribution in [0, 0.1) is 0 Å². The molecule has 1 saturated heterocycles. The van der Waals surface area contributed by atoms with Crippen LogP contribution in [0.2, 0.25) is 0 Å². The second-order valence-corrected chi connectivity index (χ2v) is 5.67. The first-order chi connectivity index (χ1) is 10.6. The predicted octanol–water partition coefficient (Wildman–Crippen LogP) is 0.332. The van der Waals surface area contributed by atoms with Gasteiger partial charge in [0, 0.05) is 51.5 Å². The Morgan fingerprint density at radius 1 is 1.45 bits per heavy atom. The molecule has 1 aliphatic heterocycles. The highest BCUT2D eigenvalue weighted by Crippen LogP contribution is 2.12. The molecule has 7 heteroatoms. The van der Waals surface area contributed by atoms with E-state index in [0.29, 0.717) is 38.3 Å². The lowest BCUT2D eigenvalue weighted by Crippen LogP contribution is -2.37. The average Bonchev–Trinajstić information content (AvgIpc) is 3.10. The summed E-state index contributed by atoms with van der Waals surface area (Å²) in [5.74, 6) is -0.0858. The molecule has 1 fully saturated rings. The van der Waals surface area contributed by atoms with Crippen molar-refractivity contribution in [3.8, 4) is 0 Å². The first-order valence-electron chi connectivity index (χ1n) is 7.31. The van der Waals surface area contributed by atoms with E-state index >= 15 is 0 Å². The number of aryl methyl sites for hydroxylation is 1. The van der Waals surface area contributed by atoms with E-state index in [0.717, 1.165) is 5.56 Å². The quantitative estimate of drug-likeness (QED) is 0.884. The lowest BCUT2D eigenvalue weighted by Gasteiger charge is -2.21. The van der Waals surface area contributed by atoms with Gasteiger partial charge in [-0.25, -0.2) is 0 Å². The third kappa shape index (κ3) is 3.37. The molecule has 2 aromatic heterocycles. The Morgan fingerprint density at radius 2 is 2.32 bits per heavy atom. The van der Waals surface area contributed by atoms with Crippen molar-refractivity contribution in [2.24, 2.45) is 7.05 Å². The number of aliphatic hydroxyl groups is 1. The number of hydrogen-bond donors (Lipinski definition) is 1. The Bertz CT molecular complexity index is 623. The van der Waals surface area contributed by atoms with Crippen molar-refractivity contribution in [2.75, 3.05) is 26.2 Å². The zero-order chi connectivity index (χ0) is 15.5. The van der Waals surface area contributed by atoms with Gasteiger partial charge >= 0.3 is 0 Å². The second kappa shape index (κ2) is 6.33. The summed E-state index contributed by atoms with van der Waals surface area (Å²) in [6.07, 6.45) is 6.04. The minimum absolute atomic E-state index is 0.0858. The van der Waals surface area contributed by atoms with Crippen molar-refractivity contribution >= 4 is 5.91 Å². The van der Waals surface area contributed by atoms with E-state index in [-0.39, 0.29) is 5.91 Å². The third-order valence-corrected chi connectivity index (χ3v) is 3.81. The summed E-state index contributed by atoms with van der Waals surface area (Å²) in [6, 6.07) is 1.91. The number of aromatic nitrogens is 2. The van der Waals surface area contributed by atoms with Crippen molar-refractivity contribution in [1.82, 2.24) is 19.6 Å². The number of β-amino-alcohol motifs (C(OH)–C–C–N with tert-alkyl or cyclic N) is 1. The van der Waals surface area contributed by atoms with Gasteiger partial charge in [-0.3, -0.25) is 14.4 Å². The molecule has 3 heterocycles. The highest BCUT2D eigenvalue weighted by atomic mass is 16.3. The molecule has 22 heavy (non-hydrogen) atoms. The van der Waals surface area contributed by atoms with Gasteiger partial charge in [0.05, 0.1) is 30.4 Å². The van der Waals surface area contributed by atoms with Crippen LogP contribution in [-0.2, 0) is 13.6 Å². The monoisotopic (exact) mass is 304 g/mol. The minimum atomic E-state index is -0.560. The Morgan fingerprint density at radius 3 is 3.00 bits per heavy atom. The lowest BCUT2D eigenvalue weighted by molar-refractivity contribution is 0.0663. The highest BCUT2D eigenvalue weighted by molar-refractivity contribution is 5.93. The van der Waals surface area contributed by atoms with Gasteiger partial charge in [-0.05, 0) is 6.07 Å². The number of nitrogens with zero attached hydrogens (tertiary/aromatic N) is 4. The van der Waals surface area contributed by atoms with E-state index in [1.807, 2.05) is 6.07 Å². The van der Waals surface area contributed by atoms with Crippen molar-refractivity contribution in [1.29, 1.82) is 0 Å². The van der Waals surface area contributed by atoms with Crippen LogP contribution in [0.4, 0.5) is 0 Å². The van der Waals surface area contributed by atoms with E-state index in [1.54, 1.807) is 41.5 Å². The SMILES string of the molecule is Cn1cc(C(=O)N2CCN(Cc3ccoc3)CC(O)C2)cn1. The number of furan rings is 1. The summed E-state index contributed by atoms with van der Waals surface area (Å²) < 4.78 is 6.67. The number of amides is 1. The summed E-state index contributed by atoms with van der Waals surface area (Å²) in [4.78, 5) is 16.3. The highest BCUT2D eigenvalue weighted by Gasteiger charge is 2.25. The molecular formula is C15H20N4O3. The first-order valence-corrected chi connectivity index (χ1v) is 7.31. The van der Waals surface area contributed by atoms with Gasteiger partial charge in [0.25, 0.3) is 5.91 Å². The fourth-order valence-corrected chi connectivity index (χ4v) is 2.74. The van der Waals surface area contributed by atoms with Gasteiger partial charge in [0.1, 0.15) is 0 Å². The standard InChI is InChI=1S/C15H20N4O3/c1-17-8-13(6-16-17)15(21)19-4-3-18(9-14(20)10-19)7-12-2-5-22-11-12/h2,5-6,8,11,14,20H,3-4,7,9-10H2,1H3. The molecule has 1 aliphatic rings. The molecule has 0 aromatic carbocycles. The summed E-state index contributed by atoms with van der Waals surface area (Å²) in [7, 11) is 1.78. The molecule has 2 aromatic rings. The lowest BCUT2D eigenvalue weighted by atomic mass is 10.2. The number of carbonyl (C=O) groups is 1. The average molecular weight is 304 g/mol. The number of rotatable bonds is 3.